The molecule has 1 aromatic heterocycles. The lowest BCUT2D eigenvalue weighted by molar-refractivity contribution is 0.0809. The number of pyridine rings is 1. The van der Waals surface area contributed by atoms with Crippen molar-refractivity contribution in [3.63, 3.8) is 0 Å². The Hall–Kier alpha value is -3.01. The van der Waals surface area contributed by atoms with Gasteiger partial charge in [0, 0.05) is 23.0 Å². The van der Waals surface area contributed by atoms with Crippen LogP contribution in [0.15, 0.2) is 41.5 Å². The maximum atomic E-state index is 14.4. The van der Waals surface area contributed by atoms with Crippen LogP contribution in [0.25, 0.3) is 0 Å². The molecule has 0 radical (unpaired) electrons. The molecule has 148 valence electrons. The monoisotopic (exact) mass is 396 g/mol. The number of hydrogen-bond acceptors (Lipinski definition) is 5. The van der Waals surface area contributed by atoms with Crippen LogP contribution < -0.4 is 11.1 Å². The first kappa shape index (κ1) is 19.7. The number of halogens is 4. The van der Waals surface area contributed by atoms with Gasteiger partial charge in [-0.25, -0.2) is 17.6 Å². The van der Waals surface area contributed by atoms with Gasteiger partial charge in [-0.1, -0.05) is 0 Å². The van der Waals surface area contributed by atoms with Gasteiger partial charge in [0.05, 0.1) is 6.61 Å². The molecule has 0 fully saturated rings. The molecule has 0 spiro atoms. The van der Waals surface area contributed by atoms with Crippen LogP contribution in [-0.2, 0) is 10.3 Å². The molecule has 2 aromatic rings. The van der Waals surface area contributed by atoms with Crippen molar-refractivity contribution in [1.82, 2.24) is 4.98 Å². The van der Waals surface area contributed by atoms with E-state index in [0.717, 1.165) is 24.4 Å². The van der Waals surface area contributed by atoms with Gasteiger partial charge in [0.25, 0.3) is 12.3 Å². The fourth-order valence-corrected chi connectivity index (χ4v) is 2.77. The van der Waals surface area contributed by atoms with Crippen LogP contribution in [0, 0.1) is 5.82 Å². The number of nitrogens with zero attached hydrogens (tertiary/aromatic N) is 2. The van der Waals surface area contributed by atoms with Crippen LogP contribution in [0.5, 0.6) is 0 Å². The third-order valence-electron chi connectivity index (χ3n) is 4.17. The molecule has 28 heavy (non-hydrogen) atoms. The quantitative estimate of drug-likeness (QED) is 0.761. The van der Waals surface area contributed by atoms with E-state index in [1.165, 1.54) is 12.1 Å². The average Bonchev–Trinajstić information content (AvgIpc) is 2.69. The number of ether oxygens (including phenoxy) is 1. The molecule has 10 heteroatoms. The number of aromatic nitrogens is 1. The molecule has 1 aromatic carbocycles. The Bertz CT molecular complexity index is 905. The number of aliphatic imine (C=N–C) groups is 1. The first-order valence-electron chi connectivity index (χ1n) is 8.18. The minimum absolute atomic E-state index is 0.0140. The first-order chi connectivity index (χ1) is 13.3. The van der Waals surface area contributed by atoms with E-state index in [2.05, 4.69) is 15.3 Å². The molecule has 0 unspecified atom stereocenters. The van der Waals surface area contributed by atoms with Gasteiger partial charge in [-0.2, -0.15) is 0 Å². The molecule has 1 atom stereocenters. The lowest BCUT2D eigenvalue weighted by Gasteiger charge is -2.31. The molecule has 3 N–H and O–H groups in total. The summed E-state index contributed by atoms with van der Waals surface area (Å²) in [5, 5.41) is 2.47. The zero-order valence-corrected chi connectivity index (χ0v) is 14.5. The minimum Gasteiger partial charge on any atom is -0.385 e. The lowest BCUT2D eigenvalue weighted by atomic mass is 9.91. The Morgan fingerprint density at radius 2 is 2.11 bits per heavy atom. The number of hydrogen-bond donors (Lipinski definition) is 2. The first-order valence-corrected chi connectivity index (χ1v) is 8.18. The van der Waals surface area contributed by atoms with Gasteiger partial charge in [0.2, 0.25) is 0 Å². The van der Waals surface area contributed by atoms with Crippen molar-refractivity contribution in [3.8, 4) is 0 Å². The second-order valence-electron chi connectivity index (χ2n) is 6.19. The lowest BCUT2D eigenvalue weighted by Crippen LogP contribution is -2.42. The van der Waals surface area contributed by atoms with E-state index in [1.807, 2.05) is 0 Å². The molecular formula is C18H16F4N4O2. The highest BCUT2D eigenvalue weighted by Gasteiger charge is 2.38. The molecule has 6 nitrogen and oxygen atoms in total. The molecular weight excluding hydrogens is 380 g/mol. The van der Waals surface area contributed by atoms with Crippen LogP contribution >= 0.6 is 0 Å². The van der Waals surface area contributed by atoms with Gasteiger partial charge in [0.15, 0.2) is 0 Å². The standard InChI is InChI=1S/C18H16F4N4O2/c19-8-18(9-28-7-15(23)26-18)12-5-11(2-3-13(12)20)25-17(27)14-4-1-10(6-24-14)16(21)22/h1-6,16H,7-9H2,(H2,23,26)(H,25,27)/t18-/m0/s1. The Labute approximate surface area is 157 Å². The Kier molecular flexibility index (Phi) is 5.59. The van der Waals surface area contributed by atoms with Crippen molar-refractivity contribution < 1.29 is 27.1 Å². The minimum atomic E-state index is -2.70. The number of alkyl halides is 3. The number of rotatable bonds is 5. The van der Waals surface area contributed by atoms with Crippen molar-refractivity contribution in [3.05, 3.63) is 59.2 Å². The molecule has 1 amide bonds. The van der Waals surface area contributed by atoms with Gasteiger partial charge < -0.3 is 15.8 Å². The maximum absolute atomic E-state index is 14.4. The van der Waals surface area contributed by atoms with E-state index in [4.69, 9.17) is 10.5 Å². The van der Waals surface area contributed by atoms with Crippen LogP contribution in [0.3, 0.4) is 0 Å². The van der Waals surface area contributed by atoms with Crippen molar-refractivity contribution in [2.24, 2.45) is 10.7 Å². The summed E-state index contributed by atoms with van der Waals surface area (Å²) >= 11 is 0. The normalized spacial score (nSPS) is 19.4. The van der Waals surface area contributed by atoms with Crippen molar-refractivity contribution >= 4 is 17.4 Å². The summed E-state index contributed by atoms with van der Waals surface area (Å²) < 4.78 is 58.5. The van der Waals surface area contributed by atoms with Crippen LogP contribution in [0.1, 0.15) is 28.0 Å². The summed E-state index contributed by atoms with van der Waals surface area (Å²) in [5.41, 5.74) is 3.54. The third-order valence-corrected chi connectivity index (χ3v) is 4.17. The van der Waals surface area contributed by atoms with Crippen LogP contribution in [0.2, 0.25) is 0 Å². The number of anilines is 1. The number of carbonyl (C=O) groups is 1. The molecule has 1 aliphatic rings. The van der Waals surface area contributed by atoms with E-state index in [1.54, 1.807) is 0 Å². The summed E-state index contributed by atoms with van der Waals surface area (Å²) in [7, 11) is 0. The smallest absolute Gasteiger partial charge is 0.274 e. The fraction of sp³-hybridized carbons (Fsp3) is 0.278. The average molecular weight is 396 g/mol. The van der Waals surface area contributed by atoms with Crippen LogP contribution in [0.4, 0.5) is 23.2 Å². The summed E-state index contributed by atoms with van der Waals surface area (Å²) in [5.74, 6) is -1.41. The van der Waals surface area contributed by atoms with Gasteiger partial charge in [0.1, 0.15) is 36.2 Å². The zero-order chi connectivity index (χ0) is 20.3. The molecule has 0 saturated heterocycles. The van der Waals surface area contributed by atoms with Gasteiger partial charge in [-0.15, -0.1) is 0 Å². The molecule has 0 saturated carbocycles. The molecule has 1 aliphatic heterocycles. The molecule has 0 aliphatic carbocycles. The maximum Gasteiger partial charge on any atom is 0.274 e. The summed E-state index contributed by atoms with van der Waals surface area (Å²) in [6, 6.07) is 5.77. The summed E-state index contributed by atoms with van der Waals surface area (Å²) in [4.78, 5) is 20.0. The number of amidine groups is 1. The van der Waals surface area contributed by atoms with Crippen molar-refractivity contribution in [2.45, 2.75) is 12.0 Å². The highest BCUT2D eigenvalue weighted by atomic mass is 19.3. The number of amides is 1. The van der Waals surface area contributed by atoms with E-state index in [0.29, 0.717) is 0 Å². The number of benzene rings is 1. The number of carbonyl (C=O) groups excluding carboxylic acids is 1. The number of nitrogens with two attached hydrogens (primary N) is 1. The van der Waals surface area contributed by atoms with E-state index >= 15 is 0 Å². The highest BCUT2D eigenvalue weighted by molar-refractivity contribution is 6.02. The molecule has 3 rings (SSSR count). The third kappa shape index (κ3) is 3.96. The predicted octanol–water partition coefficient (Wildman–Crippen LogP) is 2.96. The van der Waals surface area contributed by atoms with E-state index in [-0.39, 0.29) is 41.6 Å². The fourth-order valence-electron chi connectivity index (χ4n) is 2.77. The second kappa shape index (κ2) is 7.93. The van der Waals surface area contributed by atoms with Crippen LogP contribution in [-0.4, -0.2) is 36.6 Å². The SMILES string of the molecule is NC1=N[C@](CF)(c2cc(NC(=O)c3ccc(C(F)F)cn3)ccc2F)COC1. The largest absolute Gasteiger partial charge is 0.385 e. The summed E-state index contributed by atoms with van der Waals surface area (Å²) in [6.07, 6.45) is -1.81. The van der Waals surface area contributed by atoms with Gasteiger partial charge in [-0.05, 0) is 30.3 Å². The number of nitrogens with one attached hydrogen (secondary N) is 1. The molecule has 0 bridgehead atoms. The van der Waals surface area contributed by atoms with E-state index < -0.39 is 30.4 Å². The summed E-state index contributed by atoms with van der Waals surface area (Å²) in [6.45, 7) is -1.26. The molecule has 2 heterocycles. The van der Waals surface area contributed by atoms with E-state index in [9.17, 15) is 22.4 Å². The highest BCUT2D eigenvalue weighted by Crippen LogP contribution is 2.33. The second-order valence-corrected chi connectivity index (χ2v) is 6.19. The predicted molar refractivity (Wildman–Crippen MR) is 93.6 cm³/mol. The van der Waals surface area contributed by atoms with Crippen molar-refractivity contribution in [1.29, 1.82) is 0 Å². The topological polar surface area (TPSA) is 89.6 Å². The zero-order valence-electron chi connectivity index (χ0n) is 14.5. The Balaban J connectivity index is 1.87. The van der Waals surface area contributed by atoms with Gasteiger partial charge >= 0.3 is 0 Å². The Morgan fingerprint density at radius 3 is 2.71 bits per heavy atom. The Morgan fingerprint density at radius 1 is 1.32 bits per heavy atom. The van der Waals surface area contributed by atoms with Crippen molar-refractivity contribution in [2.75, 3.05) is 25.2 Å². The van der Waals surface area contributed by atoms with Gasteiger partial charge in [-0.3, -0.25) is 14.8 Å².